The smallest absolute Gasteiger partial charge is 0.295 e. The molecule has 2 aromatic carbocycles. The summed E-state index contributed by atoms with van der Waals surface area (Å²) in [6.45, 7) is 3.72. The molecule has 140 valence electrons. The minimum Gasteiger partial charge on any atom is -0.319 e. The molecular weight excluding hydrogens is 350 g/mol. The molecule has 0 atom stereocenters. The van der Waals surface area contributed by atoms with Crippen molar-refractivity contribution in [3.8, 4) is 11.8 Å². The van der Waals surface area contributed by atoms with Crippen LogP contribution in [0, 0.1) is 11.3 Å². The van der Waals surface area contributed by atoms with Gasteiger partial charge < -0.3 is 5.32 Å². The zero-order valence-electron chi connectivity index (χ0n) is 15.9. The Labute approximate surface area is 163 Å². The van der Waals surface area contributed by atoms with Crippen LogP contribution < -0.4 is 5.32 Å². The Bertz CT molecular complexity index is 1040. The molecule has 4 rings (SSSR count). The van der Waals surface area contributed by atoms with Gasteiger partial charge in [0.1, 0.15) is 5.82 Å². The van der Waals surface area contributed by atoms with Gasteiger partial charge in [-0.25, -0.2) is 9.67 Å². The molecule has 1 aromatic heterocycles. The molecule has 28 heavy (non-hydrogen) atoms. The number of hydrogen-bond donors (Lipinski definition) is 1. The highest BCUT2D eigenvalue weighted by molar-refractivity contribution is 6.01. The van der Waals surface area contributed by atoms with Crippen molar-refractivity contribution in [2.24, 2.45) is 0 Å². The average molecular weight is 371 g/mol. The Morgan fingerprint density at radius 3 is 2.43 bits per heavy atom. The third-order valence-corrected chi connectivity index (χ3v) is 4.92. The lowest BCUT2D eigenvalue weighted by molar-refractivity contribution is 0.101. The van der Waals surface area contributed by atoms with E-state index in [1.165, 1.54) is 0 Å². The lowest BCUT2D eigenvalue weighted by Gasteiger charge is -2.15. The number of carbonyl (C=O) groups excluding carboxylic acids is 1. The van der Waals surface area contributed by atoms with Crippen molar-refractivity contribution in [2.75, 3.05) is 5.32 Å². The summed E-state index contributed by atoms with van der Waals surface area (Å²) in [5.41, 5.74) is 1.87. The fourth-order valence-electron chi connectivity index (χ4n) is 3.01. The van der Waals surface area contributed by atoms with E-state index in [9.17, 15) is 10.1 Å². The maximum Gasteiger partial charge on any atom is 0.295 e. The summed E-state index contributed by atoms with van der Waals surface area (Å²) in [5.74, 6) is 1.01. The quantitative estimate of drug-likeness (QED) is 0.728. The van der Waals surface area contributed by atoms with Crippen molar-refractivity contribution in [3.05, 3.63) is 71.8 Å². The molecule has 1 aliphatic rings. The Balaban J connectivity index is 1.57. The first-order valence-electron chi connectivity index (χ1n) is 9.33. The van der Waals surface area contributed by atoms with E-state index in [1.54, 1.807) is 16.8 Å². The summed E-state index contributed by atoms with van der Waals surface area (Å²) in [5, 5.41) is 16.5. The zero-order valence-corrected chi connectivity index (χ0v) is 15.9. The van der Waals surface area contributed by atoms with Gasteiger partial charge in [-0.05, 0) is 56.5 Å². The summed E-state index contributed by atoms with van der Waals surface area (Å²) in [6.07, 6.45) is 2.14. The van der Waals surface area contributed by atoms with Gasteiger partial charge in [0.05, 0.1) is 17.2 Å². The van der Waals surface area contributed by atoms with Crippen LogP contribution in [-0.2, 0) is 5.41 Å². The molecule has 0 unspecified atom stereocenters. The number of hydrogen-bond acceptors (Lipinski definition) is 4. The fourth-order valence-corrected chi connectivity index (χ4v) is 3.01. The van der Waals surface area contributed by atoms with Crippen LogP contribution in [-0.4, -0.2) is 20.7 Å². The minimum atomic E-state index is -0.572. The van der Waals surface area contributed by atoms with E-state index in [-0.39, 0.29) is 11.7 Å². The molecule has 1 N–H and O–H groups in total. The van der Waals surface area contributed by atoms with Gasteiger partial charge in [-0.1, -0.05) is 30.3 Å². The van der Waals surface area contributed by atoms with E-state index in [0.29, 0.717) is 11.6 Å². The van der Waals surface area contributed by atoms with E-state index >= 15 is 0 Å². The largest absolute Gasteiger partial charge is 0.319 e. The molecule has 0 radical (unpaired) electrons. The number of rotatable bonds is 5. The van der Waals surface area contributed by atoms with E-state index in [1.807, 2.05) is 56.3 Å². The molecule has 6 heteroatoms. The summed E-state index contributed by atoms with van der Waals surface area (Å²) >= 11 is 0. The highest BCUT2D eigenvalue weighted by Crippen LogP contribution is 2.39. The summed E-state index contributed by atoms with van der Waals surface area (Å²) < 4.78 is 1.77. The highest BCUT2D eigenvalue weighted by Gasteiger charge is 2.31. The van der Waals surface area contributed by atoms with Gasteiger partial charge in [0.15, 0.2) is 0 Å². The molecule has 1 fully saturated rings. The van der Waals surface area contributed by atoms with Crippen LogP contribution >= 0.6 is 0 Å². The third-order valence-electron chi connectivity index (χ3n) is 4.92. The molecule has 1 heterocycles. The Morgan fingerprint density at radius 2 is 1.82 bits per heavy atom. The first kappa shape index (κ1) is 17.9. The Hall–Kier alpha value is -3.46. The molecular formula is C22H21N5O. The molecule has 1 saturated carbocycles. The number of aromatic nitrogens is 3. The van der Waals surface area contributed by atoms with Crippen LogP contribution in [0.4, 0.5) is 5.69 Å². The summed E-state index contributed by atoms with van der Waals surface area (Å²) in [6, 6.07) is 19.3. The maximum absolute atomic E-state index is 12.7. The number of nitriles is 1. The number of nitrogens with zero attached hydrogens (tertiary/aromatic N) is 4. The highest BCUT2D eigenvalue weighted by atomic mass is 16.2. The number of para-hydroxylation sites is 1. The molecule has 0 aliphatic heterocycles. The second-order valence-electron chi connectivity index (χ2n) is 7.58. The van der Waals surface area contributed by atoms with Crippen molar-refractivity contribution in [3.63, 3.8) is 0 Å². The van der Waals surface area contributed by atoms with Gasteiger partial charge in [0.2, 0.25) is 5.82 Å². The topological polar surface area (TPSA) is 83.6 Å². The molecule has 1 aliphatic carbocycles. The van der Waals surface area contributed by atoms with Crippen molar-refractivity contribution < 1.29 is 4.79 Å². The first-order chi connectivity index (χ1) is 13.5. The van der Waals surface area contributed by atoms with E-state index in [4.69, 9.17) is 0 Å². The number of anilines is 1. The molecule has 0 saturated heterocycles. The SMILES string of the molecule is CC(C)(C#N)c1ccc(NC(=O)c2nc(C3CC3)n(-c3ccccc3)n2)cc1. The van der Waals surface area contributed by atoms with Crippen LogP contribution in [0.25, 0.3) is 5.69 Å². The monoisotopic (exact) mass is 371 g/mol. The van der Waals surface area contributed by atoms with Gasteiger partial charge in [-0.3, -0.25) is 4.79 Å². The van der Waals surface area contributed by atoms with Crippen molar-refractivity contribution in [1.29, 1.82) is 5.26 Å². The van der Waals surface area contributed by atoms with Crippen LogP contribution in [0.15, 0.2) is 54.6 Å². The predicted octanol–water partition coefficient (Wildman–Crippen LogP) is 4.20. The second-order valence-corrected chi connectivity index (χ2v) is 7.58. The van der Waals surface area contributed by atoms with Crippen molar-refractivity contribution in [1.82, 2.24) is 14.8 Å². The standard InChI is InChI=1S/C22H21N5O/c1-22(2,14-23)16-10-12-17(13-11-16)24-21(28)19-25-20(15-8-9-15)27(26-19)18-6-4-3-5-7-18/h3-7,10-13,15H,8-9H2,1-2H3,(H,24,28). The van der Waals surface area contributed by atoms with Gasteiger partial charge in [0.25, 0.3) is 5.91 Å². The molecule has 6 nitrogen and oxygen atoms in total. The average Bonchev–Trinajstić information content (AvgIpc) is 3.47. The third kappa shape index (κ3) is 3.52. The van der Waals surface area contributed by atoms with Gasteiger partial charge in [-0.15, -0.1) is 5.10 Å². The lowest BCUT2D eigenvalue weighted by Crippen LogP contribution is -2.16. The van der Waals surface area contributed by atoms with Crippen LogP contribution in [0.2, 0.25) is 0 Å². The Morgan fingerprint density at radius 1 is 1.14 bits per heavy atom. The minimum absolute atomic E-state index is 0.159. The number of nitrogens with one attached hydrogen (secondary N) is 1. The zero-order chi connectivity index (χ0) is 19.7. The van der Waals surface area contributed by atoms with Crippen LogP contribution in [0.3, 0.4) is 0 Å². The van der Waals surface area contributed by atoms with Crippen molar-refractivity contribution in [2.45, 2.75) is 38.0 Å². The molecule has 0 spiro atoms. The van der Waals surface area contributed by atoms with Gasteiger partial charge in [-0.2, -0.15) is 5.26 Å². The van der Waals surface area contributed by atoms with Gasteiger partial charge in [0, 0.05) is 11.6 Å². The van der Waals surface area contributed by atoms with E-state index in [2.05, 4.69) is 21.5 Å². The fraction of sp³-hybridized carbons (Fsp3) is 0.273. The normalized spacial score (nSPS) is 13.8. The number of benzene rings is 2. The van der Waals surface area contributed by atoms with Crippen molar-refractivity contribution >= 4 is 11.6 Å². The van der Waals surface area contributed by atoms with Crippen LogP contribution in [0.5, 0.6) is 0 Å². The first-order valence-corrected chi connectivity index (χ1v) is 9.33. The predicted molar refractivity (Wildman–Crippen MR) is 106 cm³/mol. The maximum atomic E-state index is 12.7. The molecule has 1 amide bonds. The lowest BCUT2D eigenvalue weighted by atomic mass is 9.86. The molecule has 0 bridgehead atoms. The Kier molecular flexibility index (Phi) is 4.44. The van der Waals surface area contributed by atoms with E-state index in [0.717, 1.165) is 29.9 Å². The number of amides is 1. The number of carbonyl (C=O) groups is 1. The van der Waals surface area contributed by atoms with E-state index < -0.39 is 5.41 Å². The second kappa shape index (κ2) is 6.93. The summed E-state index contributed by atoms with van der Waals surface area (Å²) in [7, 11) is 0. The van der Waals surface area contributed by atoms with Crippen LogP contribution in [0.1, 0.15) is 54.6 Å². The molecule has 3 aromatic rings. The van der Waals surface area contributed by atoms with Gasteiger partial charge >= 0.3 is 0 Å². The summed E-state index contributed by atoms with van der Waals surface area (Å²) in [4.78, 5) is 17.2.